The van der Waals surface area contributed by atoms with Gasteiger partial charge >= 0.3 is 5.97 Å². The van der Waals surface area contributed by atoms with Crippen LogP contribution in [0.15, 0.2) is 54.6 Å². The lowest BCUT2D eigenvalue weighted by Crippen LogP contribution is -2.03. The van der Waals surface area contributed by atoms with Crippen molar-refractivity contribution in [3.05, 3.63) is 60.2 Å². The molecule has 0 aliphatic rings. The molecular formula is C25H34O6S2. The Morgan fingerprint density at radius 2 is 1.12 bits per heavy atom. The molecule has 0 atom stereocenters. The fraction of sp³-hybridized carbons (Fsp3) is 0.480. The van der Waals surface area contributed by atoms with Gasteiger partial charge in [-0.1, -0.05) is 39.8 Å². The summed E-state index contributed by atoms with van der Waals surface area (Å²) in [5.41, 5.74) is 0.264. The molecule has 0 aliphatic carbocycles. The van der Waals surface area contributed by atoms with Crippen LogP contribution in [-0.4, -0.2) is 62.2 Å². The van der Waals surface area contributed by atoms with Crippen LogP contribution in [0.5, 0.6) is 11.5 Å². The minimum atomic E-state index is -0.930. The number of carboxylic acids is 1. The van der Waals surface area contributed by atoms with Crippen molar-refractivity contribution in [3.8, 4) is 11.5 Å². The van der Waals surface area contributed by atoms with Crippen molar-refractivity contribution in [2.24, 2.45) is 0 Å². The minimum Gasteiger partial charge on any atom is -0.494 e. The Morgan fingerprint density at radius 1 is 0.636 bits per heavy atom. The van der Waals surface area contributed by atoms with Gasteiger partial charge in [-0.15, -0.1) is 0 Å². The lowest BCUT2D eigenvalue weighted by Gasteiger charge is -2.07. The van der Waals surface area contributed by atoms with E-state index in [1.54, 1.807) is 24.3 Å². The van der Waals surface area contributed by atoms with Gasteiger partial charge < -0.3 is 24.1 Å². The maximum absolute atomic E-state index is 10.8. The third-order valence-electron chi connectivity index (χ3n) is 4.45. The van der Waals surface area contributed by atoms with Gasteiger partial charge in [-0.25, -0.2) is 4.79 Å². The largest absolute Gasteiger partial charge is 0.494 e. The van der Waals surface area contributed by atoms with Gasteiger partial charge in [-0.2, -0.15) is 0 Å². The predicted octanol–water partition coefficient (Wildman–Crippen LogP) is 5.82. The molecule has 0 fully saturated rings. The van der Waals surface area contributed by atoms with Crippen LogP contribution < -0.4 is 9.47 Å². The number of carbonyl (C=O) groups is 1. The highest BCUT2D eigenvalue weighted by atomic mass is 33.1. The maximum atomic E-state index is 10.8. The van der Waals surface area contributed by atoms with Gasteiger partial charge in [0.15, 0.2) is 0 Å². The van der Waals surface area contributed by atoms with Crippen LogP contribution in [0.1, 0.15) is 36.0 Å². The third-order valence-corrected chi connectivity index (χ3v) is 6.79. The van der Waals surface area contributed by atoms with Crippen molar-refractivity contribution in [2.45, 2.75) is 25.7 Å². The number of para-hydroxylation sites is 1. The van der Waals surface area contributed by atoms with Crippen LogP contribution in [0.25, 0.3) is 0 Å². The Hall–Kier alpha value is -1.87. The summed E-state index contributed by atoms with van der Waals surface area (Å²) in [6.07, 6.45) is 3.86. The van der Waals surface area contributed by atoms with E-state index in [1.165, 1.54) is 0 Å². The second kappa shape index (κ2) is 18.5. The zero-order chi connectivity index (χ0) is 23.4. The van der Waals surface area contributed by atoms with Crippen molar-refractivity contribution < 1.29 is 28.8 Å². The molecule has 2 aromatic carbocycles. The smallest absolute Gasteiger partial charge is 0.335 e. The average Bonchev–Trinajstić information content (AvgIpc) is 2.84. The van der Waals surface area contributed by atoms with Gasteiger partial charge in [0.2, 0.25) is 0 Å². The van der Waals surface area contributed by atoms with E-state index >= 15 is 0 Å². The molecule has 1 N–H and O–H groups in total. The molecule has 0 radical (unpaired) electrons. The molecule has 182 valence electrons. The molecule has 0 unspecified atom stereocenters. The molecule has 6 nitrogen and oxygen atoms in total. The Labute approximate surface area is 204 Å². The molecule has 8 heteroatoms. The number of hydrogen-bond donors (Lipinski definition) is 1. The van der Waals surface area contributed by atoms with Crippen LogP contribution in [-0.2, 0) is 9.47 Å². The quantitative estimate of drug-likeness (QED) is 0.182. The summed E-state index contributed by atoms with van der Waals surface area (Å²) in [7, 11) is 3.64. The Morgan fingerprint density at radius 3 is 1.64 bits per heavy atom. The second-order valence-corrected chi connectivity index (χ2v) is 9.82. The monoisotopic (exact) mass is 494 g/mol. The normalized spacial score (nSPS) is 10.8. The van der Waals surface area contributed by atoms with Crippen LogP contribution in [0.3, 0.4) is 0 Å². The van der Waals surface area contributed by atoms with E-state index in [0.717, 1.165) is 76.0 Å². The summed E-state index contributed by atoms with van der Waals surface area (Å²) < 4.78 is 22.6. The van der Waals surface area contributed by atoms with Crippen LogP contribution >= 0.6 is 21.6 Å². The van der Waals surface area contributed by atoms with Crippen LogP contribution in [0.4, 0.5) is 0 Å². The molecule has 0 spiro atoms. The van der Waals surface area contributed by atoms with E-state index in [0.29, 0.717) is 12.4 Å². The minimum absolute atomic E-state index is 0.264. The van der Waals surface area contributed by atoms with Crippen molar-refractivity contribution >= 4 is 27.6 Å². The molecule has 0 amide bonds. The molecule has 0 bridgehead atoms. The average molecular weight is 495 g/mol. The lowest BCUT2D eigenvalue weighted by molar-refractivity contribution is 0.0697. The van der Waals surface area contributed by atoms with E-state index in [4.69, 9.17) is 24.1 Å². The number of hydrogen-bond acceptors (Lipinski definition) is 7. The number of rotatable bonds is 20. The Balaban J connectivity index is 1.26. The van der Waals surface area contributed by atoms with Gasteiger partial charge in [0, 0.05) is 24.7 Å². The number of unbranched alkanes of at least 4 members (excludes halogenated alkanes) is 2. The number of carboxylic acid groups (broad SMARTS) is 1. The van der Waals surface area contributed by atoms with Crippen molar-refractivity contribution in [2.75, 3.05) is 51.1 Å². The molecule has 0 aliphatic heterocycles. The molecule has 2 aromatic rings. The van der Waals surface area contributed by atoms with E-state index in [-0.39, 0.29) is 5.56 Å². The van der Waals surface area contributed by atoms with Crippen LogP contribution in [0, 0.1) is 0 Å². The van der Waals surface area contributed by atoms with E-state index < -0.39 is 5.97 Å². The predicted molar refractivity (Wildman–Crippen MR) is 136 cm³/mol. The fourth-order valence-electron chi connectivity index (χ4n) is 2.71. The number of aromatic carboxylic acids is 1. The Kier molecular flexibility index (Phi) is 15.4. The topological polar surface area (TPSA) is 74.2 Å². The molecular weight excluding hydrogens is 460 g/mol. The maximum Gasteiger partial charge on any atom is 0.335 e. The summed E-state index contributed by atoms with van der Waals surface area (Å²) in [6.45, 7) is 4.36. The van der Waals surface area contributed by atoms with E-state index in [9.17, 15) is 4.79 Å². The summed E-state index contributed by atoms with van der Waals surface area (Å²) in [4.78, 5) is 10.8. The van der Waals surface area contributed by atoms with Crippen molar-refractivity contribution in [1.82, 2.24) is 0 Å². The zero-order valence-corrected chi connectivity index (χ0v) is 20.6. The van der Waals surface area contributed by atoms with Gasteiger partial charge in [0.05, 0.1) is 32.0 Å². The summed E-state index contributed by atoms with van der Waals surface area (Å²) in [5.74, 6) is 2.63. The highest BCUT2D eigenvalue weighted by Gasteiger charge is 2.02. The molecule has 33 heavy (non-hydrogen) atoms. The first-order valence-corrected chi connectivity index (χ1v) is 13.8. The Bertz CT molecular complexity index is 742. The van der Waals surface area contributed by atoms with E-state index in [2.05, 4.69) is 0 Å². The number of benzene rings is 2. The second-order valence-electron chi connectivity index (χ2n) is 7.12. The molecule has 0 saturated heterocycles. The van der Waals surface area contributed by atoms with Gasteiger partial charge in [-0.05, 0) is 62.1 Å². The molecule has 0 saturated carbocycles. The van der Waals surface area contributed by atoms with E-state index in [1.807, 2.05) is 51.9 Å². The molecule has 0 heterocycles. The third kappa shape index (κ3) is 14.1. The summed E-state index contributed by atoms with van der Waals surface area (Å²) in [6, 6.07) is 16.3. The number of ether oxygens (including phenoxy) is 4. The van der Waals surface area contributed by atoms with Gasteiger partial charge in [-0.3, -0.25) is 0 Å². The summed E-state index contributed by atoms with van der Waals surface area (Å²) >= 11 is 0. The zero-order valence-electron chi connectivity index (χ0n) is 19.0. The first-order valence-electron chi connectivity index (χ1n) is 11.3. The van der Waals surface area contributed by atoms with Crippen molar-refractivity contribution in [1.29, 1.82) is 0 Å². The first kappa shape index (κ1) is 27.4. The molecule has 2 rings (SSSR count). The fourth-order valence-corrected chi connectivity index (χ4v) is 4.43. The summed E-state index contributed by atoms with van der Waals surface area (Å²) in [5, 5.41) is 8.87. The lowest BCUT2D eigenvalue weighted by atomic mass is 10.2. The standard InChI is InChI=1S/C25H34O6S2/c26-25(27)22-10-12-24(13-11-22)31-17-7-5-15-29-19-21-33-32-20-18-28-14-4-6-16-30-23-8-2-1-3-9-23/h1-3,8-13H,4-7,14-21H2,(H,26,27). The highest BCUT2D eigenvalue weighted by Crippen LogP contribution is 2.20. The molecule has 0 aromatic heterocycles. The first-order chi connectivity index (χ1) is 16.3. The highest BCUT2D eigenvalue weighted by molar-refractivity contribution is 8.76. The van der Waals surface area contributed by atoms with Crippen molar-refractivity contribution in [3.63, 3.8) is 0 Å². The van der Waals surface area contributed by atoms with Gasteiger partial charge in [0.25, 0.3) is 0 Å². The van der Waals surface area contributed by atoms with Crippen LogP contribution in [0.2, 0.25) is 0 Å². The van der Waals surface area contributed by atoms with Gasteiger partial charge in [0.1, 0.15) is 11.5 Å². The SMILES string of the molecule is O=C(O)c1ccc(OCCCCOCCSSCCOCCCCOc2ccccc2)cc1.